The Labute approximate surface area is 106 Å². The molecule has 0 spiro atoms. The summed E-state index contributed by atoms with van der Waals surface area (Å²) in [6, 6.07) is -0.889. The quantitative estimate of drug-likeness (QED) is 0.730. The van der Waals surface area contributed by atoms with Crippen LogP contribution >= 0.6 is 0 Å². The van der Waals surface area contributed by atoms with Crippen molar-refractivity contribution in [2.75, 3.05) is 13.7 Å². The van der Waals surface area contributed by atoms with Gasteiger partial charge in [0.05, 0.1) is 6.42 Å². The molecule has 114 valence electrons. The Morgan fingerprint density at radius 2 is 1.58 bits per heavy atom. The molecule has 3 nitrogen and oxygen atoms in total. The molecule has 0 aliphatic carbocycles. The summed E-state index contributed by atoms with van der Waals surface area (Å²) in [5.74, 6) is -1.33. The average molecular weight is 295 g/mol. The first-order valence-corrected chi connectivity index (χ1v) is 5.34. The first kappa shape index (κ1) is 18.0. The lowest BCUT2D eigenvalue weighted by molar-refractivity contribution is -0.184. The van der Waals surface area contributed by atoms with Crippen molar-refractivity contribution in [2.45, 2.75) is 44.8 Å². The van der Waals surface area contributed by atoms with Gasteiger partial charge in [-0.3, -0.25) is 4.79 Å². The van der Waals surface area contributed by atoms with Gasteiger partial charge in [0, 0.05) is 13.2 Å². The maximum atomic E-state index is 12.3. The van der Waals surface area contributed by atoms with E-state index in [1.54, 1.807) is 0 Å². The third-order valence-electron chi connectivity index (χ3n) is 2.23. The third kappa shape index (κ3) is 7.24. The number of hydrogen-bond acceptors (Lipinski definition) is 2. The summed E-state index contributed by atoms with van der Waals surface area (Å²) in [5.41, 5.74) is 0. The maximum Gasteiger partial charge on any atom is 0.406 e. The van der Waals surface area contributed by atoms with Crippen molar-refractivity contribution in [3.8, 4) is 0 Å². The molecule has 0 N–H and O–H groups in total. The number of rotatable bonds is 5. The lowest BCUT2D eigenvalue weighted by Gasteiger charge is -2.31. The molecule has 0 aliphatic rings. The molecular formula is C10H15F6NO2. The van der Waals surface area contributed by atoms with Crippen molar-refractivity contribution >= 4 is 5.91 Å². The van der Waals surface area contributed by atoms with Crippen molar-refractivity contribution in [1.82, 2.24) is 4.90 Å². The molecule has 0 aromatic carbocycles. The molecule has 0 aromatic heterocycles. The number of carbonyl (C=O) groups is 1. The number of nitrogens with zero attached hydrogens (tertiary/aromatic N) is 1. The molecular weight excluding hydrogens is 280 g/mol. The van der Waals surface area contributed by atoms with Crippen molar-refractivity contribution in [3.05, 3.63) is 0 Å². The van der Waals surface area contributed by atoms with Crippen LogP contribution in [0.25, 0.3) is 0 Å². The van der Waals surface area contributed by atoms with E-state index in [1.807, 2.05) is 0 Å². The average Bonchev–Trinajstić information content (AvgIpc) is 2.18. The van der Waals surface area contributed by atoms with Crippen LogP contribution in [0.1, 0.15) is 20.3 Å². The summed E-state index contributed by atoms with van der Waals surface area (Å²) in [7, 11) is 0.848. The molecule has 0 rings (SSSR count). The Bertz CT molecular complexity index is 299. The van der Waals surface area contributed by atoms with E-state index in [1.165, 1.54) is 13.8 Å². The van der Waals surface area contributed by atoms with E-state index in [0.29, 0.717) is 4.90 Å². The minimum atomic E-state index is -4.70. The molecule has 0 fully saturated rings. The van der Waals surface area contributed by atoms with Crippen LogP contribution in [0.4, 0.5) is 26.3 Å². The van der Waals surface area contributed by atoms with Gasteiger partial charge in [0.1, 0.15) is 12.6 Å². The van der Waals surface area contributed by atoms with Gasteiger partial charge in [-0.2, -0.15) is 26.3 Å². The van der Waals surface area contributed by atoms with E-state index >= 15 is 0 Å². The van der Waals surface area contributed by atoms with Gasteiger partial charge < -0.3 is 9.64 Å². The van der Waals surface area contributed by atoms with Crippen LogP contribution in [0.15, 0.2) is 0 Å². The number of alkyl halides is 6. The summed E-state index contributed by atoms with van der Waals surface area (Å²) >= 11 is 0. The lowest BCUT2D eigenvalue weighted by atomic mass is 10.2. The Hall–Kier alpha value is -0.990. The van der Waals surface area contributed by atoms with Gasteiger partial charge in [-0.1, -0.05) is 0 Å². The maximum absolute atomic E-state index is 12.3. The second kappa shape index (κ2) is 6.44. The second-order valence-electron chi connectivity index (χ2n) is 4.22. The normalized spacial score (nSPS) is 14.6. The van der Waals surface area contributed by atoms with Gasteiger partial charge in [0.15, 0.2) is 0 Å². The summed E-state index contributed by atoms with van der Waals surface area (Å²) in [6.45, 7) is 0.953. The van der Waals surface area contributed by atoms with Crippen LogP contribution < -0.4 is 0 Å². The van der Waals surface area contributed by atoms with Gasteiger partial charge >= 0.3 is 12.4 Å². The van der Waals surface area contributed by atoms with E-state index < -0.39 is 43.4 Å². The predicted octanol–water partition coefficient (Wildman–Crippen LogP) is 2.75. The highest BCUT2D eigenvalue weighted by molar-refractivity contribution is 5.81. The molecule has 0 aromatic rings. The first-order chi connectivity index (χ1) is 8.37. The molecule has 0 bridgehead atoms. The minimum Gasteiger partial charge on any atom is -0.371 e. The number of carbonyl (C=O) groups excluding carboxylic acids is 1. The van der Waals surface area contributed by atoms with E-state index in [-0.39, 0.29) is 0 Å². The van der Waals surface area contributed by atoms with Crippen molar-refractivity contribution < 1.29 is 35.9 Å². The van der Waals surface area contributed by atoms with E-state index in [9.17, 15) is 31.1 Å². The fraction of sp³-hybridized carbons (Fsp3) is 0.900. The van der Waals surface area contributed by atoms with Crippen molar-refractivity contribution in [1.29, 1.82) is 0 Å². The number of methoxy groups -OCH3 is 1. The fourth-order valence-electron chi connectivity index (χ4n) is 1.37. The number of ether oxygens (including phenoxy) is 1. The smallest absolute Gasteiger partial charge is 0.371 e. The van der Waals surface area contributed by atoms with Gasteiger partial charge in [0.2, 0.25) is 0 Å². The Morgan fingerprint density at radius 3 is 1.84 bits per heavy atom. The van der Waals surface area contributed by atoms with E-state index in [0.717, 1.165) is 7.11 Å². The zero-order chi connectivity index (χ0) is 15.4. The zero-order valence-electron chi connectivity index (χ0n) is 10.6. The molecule has 19 heavy (non-hydrogen) atoms. The van der Waals surface area contributed by atoms with Crippen LogP contribution in [0.5, 0.6) is 0 Å². The van der Waals surface area contributed by atoms with Crippen LogP contribution in [0.2, 0.25) is 0 Å². The highest BCUT2D eigenvalue weighted by Crippen LogP contribution is 2.25. The van der Waals surface area contributed by atoms with Gasteiger partial charge in [0.25, 0.3) is 5.91 Å². The number of amides is 1. The van der Waals surface area contributed by atoms with Crippen LogP contribution in [-0.4, -0.2) is 49.0 Å². The third-order valence-corrected chi connectivity index (χ3v) is 2.23. The zero-order valence-corrected chi connectivity index (χ0v) is 10.6. The van der Waals surface area contributed by atoms with Crippen molar-refractivity contribution in [3.63, 3.8) is 0 Å². The topological polar surface area (TPSA) is 29.5 Å². The van der Waals surface area contributed by atoms with Gasteiger partial charge in [-0.05, 0) is 13.8 Å². The standard InChI is InChI=1S/C10H15F6NO2/c1-6(2)17(5-10(14,15)16)8(18)7(19-3)4-9(11,12)13/h6-7H,4-5H2,1-3H3. The monoisotopic (exact) mass is 295 g/mol. The first-order valence-electron chi connectivity index (χ1n) is 5.34. The second-order valence-corrected chi connectivity index (χ2v) is 4.22. The SMILES string of the molecule is COC(CC(F)(F)F)C(=O)N(CC(F)(F)F)C(C)C. The molecule has 0 saturated carbocycles. The molecule has 0 saturated heterocycles. The summed E-state index contributed by atoms with van der Waals surface area (Å²) in [4.78, 5) is 12.0. The van der Waals surface area contributed by atoms with Gasteiger partial charge in [-0.15, -0.1) is 0 Å². The summed E-state index contributed by atoms with van der Waals surface area (Å²) < 4.78 is 77.7. The van der Waals surface area contributed by atoms with Crippen LogP contribution in [0, 0.1) is 0 Å². The molecule has 1 atom stereocenters. The van der Waals surface area contributed by atoms with Crippen molar-refractivity contribution in [2.24, 2.45) is 0 Å². The molecule has 0 radical (unpaired) electrons. The number of hydrogen-bond donors (Lipinski definition) is 0. The summed E-state index contributed by atoms with van der Waals surface area (Å²) in [5, 5.41) is 0. The molecule has 1 amide bonds. The number of halogens is 6. The Kier molecular flexibility index (Phi) is 6.11. The van der Waals surface area contributed by atoms with Crippen LogP contribution in [0.3, 0.4) is 0 Å². The van der Waals surface area contributed by atoms with Crippen LogP contribution in [-0.2, 0) is 9.53 Å². The largest absolute Gasteiger partial charge is 0.406 e. The van der Waals surface area contributed by atoms with E-state index in [4.69, 9.17) is 0 Å². The van der Waals surface area contributed by atoms with E-state index in [2.05, 4.69) is 4.74 Å². The molecule has 0 aliphatic heterocycles. The minimum absolute atomic E-state index is 0.319. The molecule has 0 heterocycles. The lowest BCUT2D eigenvalue weighted by Crippen LogP contribution is -2.49. The predicted molar refractivity (Wildman–Crippen MR) is 54.4 cm³/mol. The Balaban J connectivity index is 4.96. The molecule has 9 heteroatoms. The summed E-state index contributed by atoms with van der Waals surface area (Å²) in [6.07, 6.45) is -13.0. The molecule has 1 unspecified atom stereocenters. The highest BCUT2D eigenvalue weighted by Gasteiger charge is 2.41. The van der Waals surface area contributed by atoms with Gasteiger partial charge in [-0.25, -0.2) is 0 Å². The Morgan fingerprint density at radius 1 is 1.11 bits per heavy atom. The highest BCUT2D eigenvalue weighted by atomic mass is 19.4. The fourth-order valence-corrected chi connectivity index (χ4v) is 1.37.